The molecule has 0 aliphatic carbocycles. The van der Waals surface area contributed by atoms with E-state index in [1.165, 1.54) is 16.3 Å². The average Bonchev–Trinajstić information content (AvgIpc) is 3.34. The number of aromatic amines is 1. The van der Waals surface area contributed by atoms with Gasteiger partial charge in [-0.25, -0.2) is 9.89 Å². The van der Waals surface area contributed by atoms with E-state index in [1.54, 1.807) is 18.2 Å². The van der Waals surface area contributed by atoms with Gasteiger partial charge in [0, 0.05) is 17.9 Å². The van der Waals surface area contributed by atoms with Crippen LogP contribution in [0.4, 0.5) is 5.69 Å². The Labute approximate surface area is 153 Å². The van der Waals surface area contributed by atoms with Crippen LogP contribution in [0.25, 0.3) is 0 Å². The van der Waals surface area contributed by atoms with Crippen LogP contribution in [-0.2, 0) is 22.5 Å². The van der Waals surface area contributed by atoms with Crippen LogP contribution in [0, 0.1) is 0 Å². The first-order chi connectivity index (χ1) is 12.6. The van der Waals surface area contributed by atoms with Gasteiger partial charge in [0.1, 0.15) is 0 Å². The number of benzene rings is 1. The van der Waals surface area contributed by atoms with E-state index in [2.05, 4.69) is 15.5 Å². The summed E-state index contributed by atoms with van der Waals surface area (Å²) in [5, 5.41) is 9.68. The average molecular weight is 374 g/mol. The lowest BCUT2D eigenvalue weighted by atomic mass is 10.1. The number of thioether (sulfide) groups is 1. The zero-order chi connectivity index (χ0) is 18.1. The highest BCUT2D eigenvalue weighted by atomic mass is 32.2. The number of anilines is 1. The van der Waals surface area contributed by atoms with Gasteiger partial charge in [0.25, 0.3) is 0 Å². The fourth-order valence-corrected chi connectivity index (χ4v) is 4.03. The Hall–Kier alpha value is -2.39. The Balaban J connectivity index is 1.43. The molecule has 1 saturated heterocycles. The van der Waals surface area contributed by atoms with E-state index < -0.39 is 0 Å². The molecule has 0 bridgehead atoms. The monoisotopic (exact) mass is 374 g/mol. The maximum atomic E-state index is 12.5. The minimum atomic E-state index is -0.294. The largest absolute Gasteiger partial charge is 0.376 e. The van der Waals surface area contributed by atoms with Crippen molar-refractivity contribution in [2.75, 3.05) is 17.7 Å². The number of fused-ring (bicyclic) bond motifs is 1. The number of Topliss-reactive ketones (excluding diaryl/α,β-unsaturated/α-hetero) is 1. The van der Waals surface area contributed by atoms with Crippen molar-refractivity contribution in [3.05, 3.63) is 39.8 Å². The lowest BCUT2D eigenvalue weighted by Crippen LogP contribution is -2.25. The number of H-pyrrole nitrogens is 1. The second kappa shape index (κ2) is 7.08. The summed E-state index contributed by atoms with van der Waals surface area (Å²) >= 11 is 1.22. The summed E-state index contributed by atoms with van der Waals surface area (Å²) in [5.74, 6) is 0.0283. The zero-order valence-corrected chi connectivity index (χ0v) is 14.8. The number of rotatable bonds is 6. The highest BCUT2D eigenvalue weighted by Gasteiger charge is 2.22. The molecular weight excluding hydrogens is 356 g/mol. The number of hydrogen-bond acceptors (Lipinski definition) is 6. The van der Waals surface area contributed by atoms with Gasteiger partial charge < -0.3 is 10.1 Å². The molecule has 1 fully saturated rings. The van der Waals surface area contributed by atoms with Gasteiger partial charge in [-0.1, -0.05) is 11.8 Å². The third kappa shape index (κ3) is 3.45. The number of nitrogens with zero attached hydrogens (tertiary/aromatic N) is 2. The molecule has 0 saturated carbocycles. The molecule has 2 aromatic rings. The summed E-state index contributed by atoms with van der Waals surface area (Å²) in [6, 6.07) is 5.21. The van der Waals surface area contributed by atoms with Crippen molar-refractivity contribution in [1.29, 1.82) is 0 Å². The van der Waals surface area contributed by atoms with Crippen LogP contribution in [-0.4, -0.2) is 44.9 Å². The van der Waals surface area contributed by atoms with Gasteiger partial charge in [-0.2, -0.15) is 0 Å². The van der Waals surface area contributed by atoms with E-state index in [0.717, 1.165) is 24.1 Å². The molecule has 3 heterocycles. The Bertz CT molecular complexity index is 914. The molecule has 8 nitrogen and oxygen atoms in total. The summed E-state index contributed by atoms with van der Waals surface area (Å²) in [6.45, 7) is 1.16. The van der Waals surface area contributed by atoms with Crippen LogP contribution in [0.1, 0.15) is 28.8 Å². The predicted octanol–water partition coefficient (Wildman–Crippen LogP) is 1.22. The van der Waals surface area contributed by atoms with E-state index in [9.17, 15) is 14.4 Å². The van der Waals surface area contributed by atoms with Crippen molar-refractivity contribution in [2.24, 2.45) is 0 Å². The molecule has 1 atom stereocenters. The number of carbonyl (C=O) groups is 2. The third-order valence-corrected chi connectivity index (χ3v) is 5.49. The summed E-state index contributed by atoms with van der Waals surface area (Å²) in [5.41, 5.74) is 1.85. The number of carbonyl (C=O) groups excluding carboxylic acids is 2. The van der Waals surface area contributed by atoms with Crippen LogP contribution in [0.3, 0.4) is 0 Å². The first kappa shape index (κ1) is 17.0. The number of ether oxygens (including phenoxy) is 1. The van der Waals surface area contributed by atoms with Crippen molar-refractivity contribution in [3.8, 4) is 0 Å². The molecular formula is C17H18N4O4S. The minimum absolute atomic E-state index is 0.0158. The van der Waals surface area contributed by atoms with Crippen molar-refractivity contribution in [1.82, 2.24) is 14.8 Å². The van der Waals surface area contributed by atoms with Crippen molar-refractivity contribution in [3.63, 3.8) is 0 Å². The number of hydrogen-bond donors (Lipinski definition) is 2. The maximum absolute atomic E-state index is 12.5. The van der Waals surface area contributed by atoms with Gasteiger partial charge in [-0.15, -0.1) is 5.10 Å². The molecule has 0 radical (unpaired) electrons. The summed E-state index contributed by atoms with van der Waals surface area (Å²) < 4.78 is 7.10. The van der Waals surface area contributed by atoms with E-state index in [0.29, 0.717) is 30.3 Å². The smallest absolute Gasteiger partial charge is 0.344 e. The molecule has 1 amide bonds. The fourth-order valence-electron chi connectivity index (χ4n) is 3.18. The highest BCUT2D eigenvalue weighted by molar-refractivity contribution is 7.99. The molecule has 1 aromatic carbocycles. The quantitative estimate of drug-likeness (QED) is 0.582. The Morgan fingerprint density at radius 3 is 3.08 bits per heavy atom. The van der Waals surface area contributed by atoms with E-state index in [4.69, 9.17) is 4.74 Å². The molecule has 2 N–H and O–H groups in total. The van der Waals surface area contributed by atoms with E-state index in [1.807, 2.05) is 0 Å². The molecule has 26 heavy (non-hydrogen) atoms. The van der Waals surface area contributed by atoms with Crippen LogP contribution in [0.5, 0.6) is 0 Å². The molecule has 136 valence electrons. The molecule has 0 unspecified atom stereocenters. The second-order valence-corrected chi connectivity index (χ2v) is 7.31. The van der Waals surface area contributed by atoms with Crippen LogP contribution < -0.4 is 11.0 Å². The standard InChI is InChI=1S/C17H18N4O4S/c22-14(10-3-4-13-11(6-10)7-15(23)18-13)9-26-17-20-19-16(24)21(17)8-12-2-1-5-25-12/h3-4,6,12H,1-2,5,7-9H2,(H,18,23)(H,19,24)/t12-/m0/s1. The van der Waals surface area contributed by atoms with Gasteiger partial charge >= 0.3 is 5.69 Å². The van der Waals surface area contributed by atoms with Gasteiger partial charge in [-0.05, 0) is 36.6 Å². The second-order valence-electron chi connectivity index (χ2n) is 6.37. The van der Waals surface area contributed by atoms with Crippen LogP contribution >= 0.6 is 11.8 Å². The predicted molar refractivity (Wildman–Crippen MR) is 95.7 cm³/mol. The number of aromatic nitrogens is 3. The zero-order valence-electron chi connectivity index (χ0n) is 14.0. The SMILES string of the molecule is O=C1Cc2cc(C(=O)CSc3n[nH]c(=O)n3C[C@@H]3CCCO3)ccc2N1. The van der Waals surface area contributed by atoms with Gasteiger partial charge in [-0.3, -0.25) is 14.2 Å². The lowest BCUT2D eigenvalue weighted by Gasteiger charge is -2.10. The molecule has 0 spiro atoms. The van der Waals surface area contributed by atoms with Gasteiger partial charge in [0.05, 0.1) is 24.8 Å². The van der Waals surface area contributed by atoms with Crippen molar-refractivity contribution < 1.29 is 14.3 Å². The van der Waals surface area contributed by atoms with Gasteiger partial charge in [0.15, 0.2) is 10.9 Å². The van der Waals surface area contributed by atoms with E-state index >= 15 is 0 Å². The van der Waals surface area contributed by atoms with E-state index in [-0.39, 0.29) is 29.2 Å². The number of nitrogens with one attached hydrogen (secondary N) is 2. The Kier molecular flexibility index (Phi) is 4.64. The summed E-state index contributed by atoms with van der Waals surface area (Å²) in [6.07, 6.45) is 2.22. The summed E-state index contributed by atoms with van der Waals surface area (Å²) in [7, 11) is 0. The molecule has 2 aliphatic rings. The third-order valence-electron chi connectivity index (χ3n) is 4.52. The van der Waals surface area contributed by atoms with Gasteiger partial charge in [0.2, 0.25) is 5.91 Å². The lowest BCUT2D eigenvalue weighted by molar-refractivity contribution is -0.115. The molecule has 2 aliphatic heterocycles. The highest BCUT2D eigenvalue weighted by Crippen LogP contribution is 2.25. The molecule has 4 rings (SSSR count). The van der Waals surface area contributed by atoms with Crippen molar-refractivity contribution >= 4 is 29.1 Å². The number of ketones is 1. The number of amides is 1. The van der Waals surface area contributed by atoms with Crippen LogP contribution in [0.15, 0.2) is 28.2 Å². The van der Waals surface area contributed by atoms with Crippen molar-refractivity contribution in [2.45, 2.75) is 37.1 Å². The Morgan fingerprint density at radius 1 is 1.38 bits per heavy atom. The fraction of sp³-hybridized carbons (Fsp3) is 0.412. The molecule has 9 heteroatoms. The Morgan fingerprint density at radius 2 is 2.27 bits per heavy atom. The molecule has 1 aromatic heterocycles. The summed E-state index contributed by atoms with van der Waals surface area (Å²) in [4.78, 5) is 35.9. The minimum Gasteiger partial charge on any atom is -0.376 e. The topological polar surface area (TPSA) is 106 Å². The first-order valence-electron chi connectivity index (χ1n) is 8.46. The maximum Gasteiger partial charge on any atom is 0.344 e. The van der Waals surface area contributed by atoms with Crippen LogP contribution in [0.2, 0.25) is 0 Å². The normalized spacial score (nSPS) is 18.8. The first-order valence-corrected chi connectivity index (χ1v) is 9.44.